The van der Waals surface area contributed by atoms with Crippen LogP contribution >= 0.6 is 0 Å². The van der Waals surface area contributed by atoms with E-state index in [1.165, 1.54) is 7.11 Å². The van der Waals surface area contributed by atoms with Gasteiger partial charge in [-0.05, 0) is 44.0 Å². The summed E-state index contributed by atoms with van der Waals surface area (Å²) in [6.07, 6.45) is -0.0885. The van der Waals surface area contributed by atoms with E-state index >= 15 is 0 Å². The average Bonchev–Trinajstić information content (AvgIpc) is 3.15. The standard InChI is InChI=1S/C26H39N5O6Si/c1-16-8-7-9-20(29-25(33)34)23-30-22(17(2)31(23)15-37-12-13-38(4,5)6)19-11-10-18(27-26(35)36-3)14-21(19)28-24(16)32/h10-11,14,16,20,29H,7-9,12-13,15H2,1-6H3,(H,27,35)(H,28,32)(H,33,34)/t16-,20+/m1/s1. The summed E-state index contributed by atoms with van der Waals surface area (Å²) in [6.45, 7) is 11.4. The van der Waals surface area contributed by atoms with Gasteiger partial charge in [0.05, 0.1) is 24.5 Å². The van der Waals surface area contributed by atoms with E-state index in [4.69, 9.17) is 14.5 Å². The molecule has 2 heterocycles. The van der Waals surface area contributed by atoms with Crippen LogP contribution in [0.4, 0.5) is 21.0 Å². The molecular formula is C26H39N5O6Si. The zero-order valence-electron chi connectivity index (χ0n) is 23.0. The summed E-state index contributed by atoms with van der Waals surface area (Å²) in [4.78, 5) is 41.4. The minimum absolute atomic E-state index is 0.170. The van der Waals surface area contributed by atoms with E-state index in [0.717, 1.165) is 11.7 Å². The SMILES string of the molecule is COC(=O)Nc1ccc2c(c1)NC(=O)[C@H](C)CCC[C@H](NC(=O)O)c1nc-2c(C)n1COCC[Si](C)(C)C. The van der Waals surface area contributed by atoms with E-state index in [-0.39, 0.29) is 18.6 Å². The second kappa shape index (κ2) is 12.4. The molecule has 0 aliphatic carbocycles. The van der Waals surface area contributed by atoms with Crippen molar-refractivity contribution in [3.8, 4) is 11.3 Å². The Hall–Kier alpha value is -3.38. The summed E-state index contributed by atoms with van der Waals surface area (Å²) in [6, 6.07) is 5.57. The quantitative estimate of drug-likeness (QED) is 0.269. The van der Waals surface area contributed by atoms with Crippen LogP contribution in [-0.4, -0.2) is 54.5 Å². The molecule has 208 valence electrons. The van der Waals surface area contributed by atoms with E-state index in [1.807, 2.05) is 18.4 Å². The van der Waals surface area contributed by atoms with Gasteiger partial charge < -0.3 is 29.8 Å². The van der Waals surface area contributed by atoms with Crippen molar-refractivity contribution in [1.82, 2.24) is 14.9 Å². The average molecular weight is 546 g/mol. The summed E-state index contributed by atoms with van der Waals surface area (Å²) in [5.74, 6) is 0.0904. The molecule has 2 atom stereocenters. The lowest BCUT2D eigenvalue weighted by Gasteiger charge is -2.21. The highest BCUT2D eigenvalue weighted by atomic mass is 28.3. The molecule has 2 aromatic rings. The van der Waals surface area contributed by atoms with Crippen LogP contribution in [0.1, 0.15) is 43.7 Å². The van der Waals surface area contributed by atoms with Crippen molar-refractivity contribution in [1.29, 1.82) is 0 Å². The molecule has 0 saturated heterocycles. The molecular weight excluding hydrogens is 506 g/mol. The number of imidazole rings is 1. The summed E-state index contributed by atoms with van der Waals surface area (Å²) < 4.78 is 12.7. The van der Waals surface area contributed by atoms with E-state index in [2.05, 4.69) is 35.6 Å². The van der Waals surface area contributed by atoms with Gasteiger partial charge in [-0.1, -0.05) is 33.0 Å². The third-order valence-corrected chi connectivity index (χ3v) is 8.32. The molecule has 0 radical (unpaired) electrons. The van der Waals surface area contributed by atoms with Gasteiger partial charge in [0.2, 0.25) is 5.91 Å². The van der Waals surface area contributed by atoms with Crippen LogP contribution in [0.15, 0.2) is 18.2 Å². The molecule has 1 aromatic heterocycles. The number of hydrogen-bond donors (Lipinski definition) is 4. The Labute approximate surface area is 224 Å². The molecule has 3 rings (SSSR count). The molecule has 2 bridgehead atoms. The molecule has 11 nitrogen and oxygen atoms in total. The number of aromatic nitrogens is 2. The van der Waals surface area contributed by atoms with E-state index in [9.17, 15) is 19.5 Å². The van der Waals surface area contributed by atoms with Crippen LogP contribution in [0.25, 0.3) is 11.3 Å². The van der Waals surface area contributed by atoms with Crippen LogP contribution in [0.2, 0.25) is 25.7 Å². The Balaban J connectivity index is 2.11. The Morgan fingerprint density at radius 3 is 2.66 bits per heavy atom. The maximum atomic E-state index is 13.0. The Morgan fingerprint density at radius 1 is 1.26 bits per heavy atom. The fraction of sp³-hybridized carbons (Fsp3) is 0.538. The van der Waals surface area contributed by atoms with E-state index in [0.29, 0.717) is 54.3 Å². The number of benzene rings is 1. The van der Waals surface area contributed by atoms with Gasteiger partial charge in [0.25, 0.3) is 0 Å². The van der Waals surface area contributed by atoms with Gasteiger partial charge in [0.1, 0.15) is 12.6 Å². The van der Waals surface area contributed by atoms with Crippen molar-refractivity contribution in [2.45, 2.75) is 71.6 Å². The summed E-state index contributed by atoms with van der Waals surface area (Å²) >= 11 is 0. The maximum absolute atomic E-state index is 13.0. The van der Waals surface area contributed by atoms with Crippen molar-refractivity contribution < 1.29 is 29.0 Å². The van der Waals surface area contributed by atoms with E-state index < -0.39 is 26.3 Å². The number of carbonyl (C=O) groups is 3. The van der Waals surface area contributed by atoms with Crippen LogP contribution in [0.3, 0.4) is 0 Å². The van der Waals surface area contributed by atoms with Crippen LogP contribution < -0.4 is 16.0 Å². The summed E-state index contributed by atoms with van der Waals surface area (Å²) in [5, 5.41) is 17.8. The van der Waals surface area contributed by atoms with Crippen molar-refractivity contribution in [2.24, 2.45) is 5.92 Å². The molecule has 3 amide bonds. The Kier molecular flexibility index (Phi) is 9.55. The highest BCUT2D eigenvalue weighted by Gasteiger charge is 2.27. The first-order valence-electron chi connectivity index (χ1n) is 12.8. The monoisotopic (exact) mass is 545 g/mol. The lowest BCUT2D eigenvalue weighted by Crippen LogP contribution is -2.30. The molecule has 1 aromatic carbocycles. The third-order valence-electron chi connectivity index (χ3n) is 6.62. The molecule has 1 aliphatic rings. The fourth-order valence-electron chi connectivity index (χ4n) is 4.30. The number of ether oxygens (including phenoxy) is 2. The molecule has 0 unspecified atom stereocenters. The molecule has 0 fully saturated rings. The normalized spacial score (nSPS) is 17.9. The van der Waals surface area contributed by atoms with E-state index in [1.54, 1.807) is 18.2 Å². The van der Waals surface area contributed by atoms with Gasteiger partial charge in [0, 0.05) is 37.5 Å². The van der Waals surface area contributed by atoms with Gasteiger partial charge in [-0.25, -0.2) is 14.6 Å². The first-order chi connectivity index (χ1) is 17.9. The van der Waals surface area contributed by atoms with Crippen molar-refractivity contribution >= 4 is 37.5 Å². The number of nitrogens with zero attached hydrogens (tertiary/aromatic N) is 2. The molecule has 0 saturated carbocycles. The second-order valence-corrected chi connectivity index (χ2v) is 16.5. The maximum Gasteiger partial charge on any atom is 0.411 e. The highest BCUT2D eigenvalue weighted by molar-refractivity contribution is 6.76. The lowest BCUT2D eigenvalue weighted by atomic mass is 9.99. The van der Waals surface area contributed by atoms with Crippen LogP contribution in [0, 0.1) is 12.8 Å². The Bertz CT molecular complexity index is 1180. The molecule has 1 aliphatic heterocycles. The minimum atomic E-state index is -1.29. The summed E-state index contributed by atoms with van der Waals surface area (Å²) in [5.41, 5.74) is 2.96. The zero-order chi connectivity index (χ0) is 28.0. The summed E-state index contributed by atoms with van der Waals surface area (Å²) in [7, 11) is -0.0136. The number of fused-ring (bicyclic) bond motifs is 4. The van der Waals surface area contributed by atoms with Crippen LogP contribution in [-0.2, 0) is 21.0 Å². The molecule has 0 spiro atoms. The first-order valence-corrected chi connectivity index (χ1v) is 16.5. The van der Waals surface area contributed by atoms with Crippen molar-refractivity contribution in [3.63, 3.8) is 0 Å². The zero-order valence-corrected chi connectivity index (χ0v) is 24.0. The second-order valence-electron chi connectivity index (χ2n) is 10.9. The number of hydrogen-bond acceptors (Lipinski definition) is 6. The number of anilines is 2. The smallest absolute Gasteiger partial charge is 0.411 e. The molecule has 38 heavy (non-hydrogen) atoms. The van der Waals surface area contributed by atoms with Gasteiger partial charge in [-0.2, -0.15) is 0 Å². The minimum Gasteiger partial charge on any atom is -0.465 e. The third kappa shape index (κ3) is 7.57. The largest absolute Gasteiger partial charge is 0.465 e. The Morgan fingerprint density at radius 2 is 2.00 bits per heavy atom. The van der Waals surface area contributed by atoms with Gasteiger partial charge >= 0.3 is 12.2 Å². The van der Waals surface area contributed by atoms with Gasteiger partial charge in [-0.15, -0.1) is 0 Å². The number of methoxy groups -OCH3 is 1. The predicted molar refractivity (Wildman–Crippen MR) is 148 cm³/mol. The predicted octanol–water partition coefficient (Wildman–Crippen LogP) is 5.42. The molecule has 4 N–H and O–H groups in total. The number of carboxylic acid groups (broad SMARTS) is 1. The van der Waals surface area contributed by atoms with Crippen molar-refractivity contribution in [2.75, 3.05) is 24.4 Å². The topological polar surface area (TPSA) is 144 Å². The highest BCUT2D eigenvalue weighted by Crippen LogP contribution is 2.36. The number of nitrogens with one attached hydrogen (secondary N) is 3. The number of rotatable bonds is 7. The van der Waals surface area contributed by atoms with Gasteiger partial charge in [0.15, 0.2) is 0 Å². The van der Waals surface area contributed by atoms with Crippen molar-refractivity contribution in [3.05, 3.63) is 29.7 Å². The number of amides is 3. The molecule has 12 heteroatoms. The number of carbonyl (C=O) groups excluding carboxylic acids is 2. The first kappa shape index (κ1) is 29.2. The van der Waals surface area contributed by atoms with Crippen LogP contribution in [0.5, 0.6) is 0 Å². The fourth-order valence-corrected chi connectivity index (χ4v) is 5.06. The lowest BCUT2D eigenvalue weighted by molar-refractivity contribution is -0.119. The van der Waals surface area contributed by atoms with Gasteiger partial charge in [-0.3, -0.25) is 10.1 Å².